The Morgan fingerprint density at radius 3 is 2.39 bits per heavy atom. The molecular weight excluding hydrogens is 341 g/mol. The van der Waals surface area contributed by atoms with Gasteiger partial charge in [0.1, 0.15) is 0 Å². The largest absolute Gasteiger partial charge is 0.534 e. The Hall–Kier alpha value is -2.30. The minimum absolute atomic E-state index is 0.0835. The summed E-state index contributed by atoms with van der Waals surface area (Å²) in [4.78, 5) is 7.50. The van der Waals surface area contributed by atoms with Crippen LogP contribution >= 0.6 is 0 Å². The Morgan fingerprint density at radius 2 is 1.83 bits per heavy atom. The summed E-state index contributed by atoms with van der Waals surface area (Å²) >= 11 is 0. The number of alkyl halides is 3. The number of rotatable bonds is 5. The Labute approximate surface area is 129 Å². The van der Waals surface area contributed by atoms with Crippen molar-refractivity contribution < 1.29 is 35.2 Å². The molecule has 7 nitrogen and oxygen atoms in total. The smallest absolute Gasteiger partial charge is 0.493 e. The minimum atomic E-state index is -5.81. The molecule has 0 aliphatic heterocycles. The third-order valence-corrected chi connectivity index (χ3v) is 3.54. The molecule has 0 N–H and O–H groups in total. The summed E-state index contributed by atoms with van der Waals surface area (Å²) in [5, 5.41) is 0. The predicted octanol–water partition coefficient (Wildman–Crippen LogP) is 2.27. The predicted molar refractivity (Wildman–Crippen MR) is 72.9 cm³/mol. The van der Waals surface area contributed by atoms with E-state index in [-0.39, 0.29) is 16.8 Å². The van der Waals surface area contributed by atoms with Gasteiger partial charge in [-0.3, -0.25) is 0 Å². The highest BCUT2D eigenvalue weighted by molar-refractivity contribution is 7.87. The number of aromatic nitrogens is 2. The quantitative estimate of drug-likeness (QED) is 0.602. The van der Waals surface area contributed by atoms with Crippen LogP contribution in [0.15, 0.2) is 18.3 Å². The number of halogens is 3. The van der Waals surface area contributed by atoms with Crippen LogP contribution in [-0.4, -0.2) is 37.6 Å². The van der Waals surface area contributed by atoms with Gasteiger partial charge in [-0.25, -0.2) is 9.97 Å². The fourth-order valence-electron chi connectivity index (χ4n) is 1.63. The van der Waals surface area contributed by atoms with Gasteiger partial charge in [-0.2, -0.15) is 21.6 Å². The van der Waals surface area contributed by atoms with Gasteiger partial charge in [0.2, 0.25) is 0 Å². The molecular formula is C12H11F3N2O5S. The van der Waals surface area contributed by atoms with Crippen molar-refractivity contribution >= 4 is 21.2 Å². The molecule has 0 aliphatic rings. The van der Waals surface area contributed by atoms with Crippen LogP contribution in [0.5, 0.6) is 17.4 Å². The second kappa shape index (κ2) is 6.07. The molecule has 2 rings (SSSR count). The molecule has 1 aromatic heterocycles. The maximum absolute atomic E-state index is 12.3. The Bertz CT molecular complexity index is 823. The van der Waals surface area contributed by atoms with Crippen molar-refractivity contribution in [2.24, 2.45) is 0 Å². The molecule has 0 aliphatic carbocycles. The van der Waals surface area contributed by atoms with E-state index in [9.17, 15) is 21.6 Å². The number of ether oxygens (including phenoxy) is 2. The van der Waals surface area contributed by atoms with Crippen molar-refractivity contribution in [3.63, 3.8) is 0 Å². The highest BCUT2D eigenvalue weighted by atomic mass is 32.2. The molecule has 0 radical (unpaired) electrons. The first-order valence-corrected chi connectivity index (χ1v) is 7.57. The van der Waals surface area contributed by atoms with Crippen molar-refractivity contribution in [2.75, 3.05) is 13.7 Å². The van der Waals surface area contributed by atoms with E-state index in [0.717, 1.165) is 6.20 Å². The standard InChI is InChI=1S/C12H11F3N2O5S/c1-3-21-10-4-7-8(5-9(10)20-2)17-11(6-16-7)22-23(18,19)12(13,14)15/h4-6H,3H2,1-2H3. The lowest BCUT2D eigenvalue weighted by molar-refractivity contribution is -0.0501. The van der Waals surface area contributed by atoms with E-state index in [2.05, 4.69) is 14.2 Å². The van der Waals surface area contributed by atoms with Gasteiger partial charge in [0.05, 0.1) is 30.9 Å². The van der Waals surface area contributed by atoms with Crippen LogP contribution in [0.25, 0.3) is 11.0 Å². The van der Waals surface area contributed by atoms with Crippen molar-refractivity contribution in [1.29, 1.82) is 0 Å². The van der Waals surface area contributed by atoms with E-state index in [1.807, 2.05) is 0 Å². The lowest BCUT2D eigenvalue weighted by Crippen LogP contribution is -2.28. The topological polar surface area (TPSA) is 87.6 Å². The number of hydrogen-bond donors (Lipinski definition) is 0. The van der Waals surface area contributed by atoms with Gasteiger partial charge >= 0.3 is 15.6 Å². The molecule has 126 valence electrons. The van der Waals surface area contributed by atoms with Crippen LogP contribution in [0.4, 0.5) is 13.2 Å². The molecule has 0 unspecified atom stereocenters. The lowest BCUT2D eigenvalue weighted by atomic mass is 10.2. The van der Waals surface area contributed by atoms with Crippen LogP contribution in [0.3, 0.4) is 0 Å². The molecule has 0 saturated heterocycles. The van der Waals surface area contributed by atoms with Crippen LogP contribution in [0, 0.1) is 0 Å². The maximum atomic E-state index is 12.3. The van der Waals surface area contributed by atoms with Crippen LogP contribution in [0.2, 0.25) is 0 Å². The molecule has 0 spiro atoms. The van der Waals surface area contributed by atoms with E-state index in [1.54, 1.807) is 6.92 Å². The molecule has 0 bridgehead atoms. The molecule has 1 aromatic carbocycles. The first-order chi connectivity index (χ1) is 10.7. The summed E-state index contributed by atoms with van der Waals surface area (Å²) in [6.45, 7) is 2.12. The van der Waals surface area contributed by atoms with Crippen molar-refractivity contribution in [3.05, 3.63) is 18.3 Å². The number of hydrogen-bond acceptors (Lipinski definition) is 7. The molecule has 11 heteroatoms. The summed E-state index contributed by atoms with van der Waals surface area (Å²) in [6, 6.07) is 2.81. The van der Waals surface area contributed by atoms with E-state index < -0.39 is 21.5 Å². The molecule has 0 atom stereocenters. The van der Waals surface area contributed by atoms with Gasteiger partial charge in [-0.05, 0) is 6.92 Å². The van der Waals surface area contributed by atoms with E-state index in [0.29, 0.717) is 12.4 Å². The highest BCUT2D eigenvalue weighted by Crippen LogP contribution is 2.32. The Kier molecular flexibility index (Phi) is 4.50. The van der Waals surface area contributed by atoms with Crippen LogP contribution in [-0.2, 0) is 10.1 Å². The normalized spacial score (nSPS) is 12.2. The van der Waals surface area contributed by atoms with Crippen molar-refractivity contribution in [2.45, 2.75) is 12.4 Å². The van der Waals surface area contributed by atoms with E-state index >= 15 is 0 Å². The van der Waals surface area contributed by atoms with Crippen molar-refractivity contribution in [3.8, 4) is 17.4 Å². The molecule has 0 fully saturated rings. The number of methoxy groups -OCH3 is 1. The lowest BCUT2D eigenvalue weighted by Gasteiger charge is -2.11. The molecule has 0 saturated carbocycles. The maximum Gasteiger partial charge on any atom is 0.534 e. The van der Waals surface area contributed by atoms with Gasteiger partial charge < -0.3 is 13.7 Å². The minimum Gasteiger partial charge on any atom is -0.493 e. The fourth-order valence-corrected chi connectivity index (χ4v) is 2.03. The summed E-state index contributed by atoms with van der Waals surface area (Å²) in [6.07, 6.45) is 0.772. The molecule has 1 heterocycles. The average molecular weight is 352 g/mol. The fraction of sp³-hybridized carbons (Fsp3) is 0.333. The third kappa shape index (κ3) is 3.55. The van der Waals surface area contributed by atoms with E-state index in [1.165, 1.54) is 19.2 Å². The summed E-state index contributed by atoms with van der Waals surface area (Å²) in [7, 11) is -4.44. The van der Waals surface area contributed by atoms with Crippen molar-refractivity contribution in [1.82, 2.24) is 9.97 Å². The summed E-state index contributed by atoms with van der Waals surface area (Å²) in [5.41, 5.74) is -5.20. The zero-order valence-electron chi connectivity index (χ0n) is 11.9. The first kappa shape index (κ1) is 17.1. The second-order valence-corrected chi connectivity index (χ2v) is 5.65. The third-order valence-electron chi connectivity index (χ3n) is 2.58. The first-order valence-electron chi connectivity index (χ1n) is 6.16. The van der Waals surface area contributed by atoms with Gasteiger partial charge in [0.25, 0.3) is 5.88 Å². The number of fused-ring (bicyclic) bond motifs is 1. The zero-order chi connectivity index (χ0) is 17.3. The monoisotopic (exact) mass is 352 g/mol. The van der Waals surface area contributed by atoms with Gasteiger partial charge in [-0.15, -0.1) is 0 Å². The number of benzene rings is 1. The van der Waals surface area contributed by atoms with Gasteiger partial charge in [0.15, 0.2) is 11.5 Å². The Balaban J connectivity index is 2.45. The highest BCUT2D eigenvalue weighted by Gasteiger charge is 2.48. The molecule has 2 aromatic rings. The molecule has 23 heavy (non-hydrogen) atoms. The van der Waals surface area contributed by atoms with Gasteiger partial charge in [-0.1, -0.05) is 0 Å². The SMILES string of the molecule is CCOc1cc2ncc(OS(=O)(=O)C(F)(F)F)nc2cc1OC. The van der Waals surface area contributed by atoms with Crippen LogP contribution < -0.4 is 13.7 Å². The van der Waals surface area contributed by atoms with Gasteiger partial charge in [0, 0.05) is 12.1 Å². The number of nitrogens with zero attached hydrogens (tertiary/aromatic N) is 2. The summed E-state index contributed by atoms with van der Waals surface area (Å²) < 4.78 is 73.1. The zero-order valence-corrected chi connectivity index (χ0v) is 12.7. The molecule has 0 amide bonds. The average Bonchev–Trinajstić information content (AvgIpc) is 2.45. The summed E-state index contributed by atoms with van der Waals surface area (Å²) in [5.74, 6) is -0.168. The van der Waals surface area contributed by atoms with Crippen LogP contribution in [0.1, 0.15) is 6.92 Å². The second-order valence-electron chi connectivity index (χ2n) is 4.12. The van der Waals surface area contributed by atoms with E-state index in [4.69, 9.17) is 9.47 Å². The Morgan fingerprint density at radius 1 is 1.17 bits per heavy atom.